The van der Waals surface area contributed by atoms with E-state index in [0.717, 1.165) is 29.0 Å². The first-order valence-corrected chi connectivity index (χ1v) is 5.89. The van der Waals surface area contributed by atoms with E-state index >= 15 is 0 Å². The zero-order valence-electron chi connectivity index (χ0n) is 9.98. The molecule has 0 fully saturated rings. The van der Waals surface area contributed by atoms with Crippen LogP contribution in [0, 0.1) is 0 Å². The van der Waals surface area contributed by atoms with Gasteiger partial charge in [-0.1, -0.05) is 18.2 Å². The molecule has 0 bridgehead atoms. The summed E-state index contributed by atoms with van der Waals surface area (Å²) < 4.78 is 37.5. The van der Waals surface area contributed by atoms with Crippen molar-refractivity contribution in [2.75, 3.05) is 6.67 Å². The number of allylic oxidation sites excluding steroid dienone is 3. The molecule has 5 heteroatoms. The molecular formula is C14H11F3N2. The molecule has 2 aliphatic rings. The minimum Gasteiger partial charge on any atom is -0.327 e. The number of aliphatic imine (C=N–C) groups is 1. The van der Waals surface area contributed by atoms with Gasteiger partial charge in [0.2, 0.25) is 0 Å². The Morgan fingerprint density at radius 1 is 1.11 bits per heavy atom. The van der Waals surface area contributed by atoms with Gasteiger partial charge in [0.05, 0.1) is 11.3 Å². The smallest absolute Gasteiger partial charge is 0.327 e. The Balaban J connectivity index is 1.84. The molecule has 0 spiro atoms. The largest absolute Gasteiger partial charge is 0.416 e. The third-order valence-electron chi connectivity index (χ3n) is 3.22. The lowest BCUT2D eigenvalue weighted by molar-refractivity contribution is -0.137. The molecule has 1 aromatic carbocycles. The topological polar surface area (TPSA) is 15.6 Å². The molecule has 0 saturated heterocycles. The maximum atomic E-state index is 12.5. The van der Waals surface area contributed by atoms with Crippen molar-refractivity contribution in [2.45, 2.75) is 12.6 Å². The summed E-state index contributed by atoms with van der Waals surface area (Å²) in [6.45, 7) is 0.579. The lowest BCUT2D eigenvalue weighted by Gasteiger charge is -2.21. The summed E-state index contributed by atoms with van der Waals surface area (Å²) in [6, 6.07) is 5.28. The van der Waals surface area contributed by atoms with Gasteiger partial charge >= 0.3 is 6.18 Å². The van der Waals surface area contributed by atoms with Crippen molar-refractivity contribution in [3.63, 3.8) is 0 Å². The van der Waals surface area contributed by atoms with Crippen molar-refractivity contribution < 1.29 is 13.2 Å². The van der Waals surface area contributed by atoms with E-state index in [-0.39, 0.29) is 0 Å². The molecule has 0 atom stereocenters. The maximum absolute atomic E-state index is 12.5. The highest BCUT2D eigenvalue weighted by Crippen LogP contribution is 2.32. The van der Waals surface area contributed by atoms with Gasteiger partial charge in [0, 0.05) is 12.4 Å². The van der Waals surface area contributed by atoms with Crippen molar-refractivity contribution in [3.05, 3.63) is 53.4 Å². The Labute approximate surface area is 108 Å². The summed E-state index contributed by atoms with van der Waals surface area (Å²) in [5.74, 6) is 0. The molecule has 0 aliphatic carbocycles. The number of halogens is 3. The molecule has 0 radical (unpaired) electrons. The molecule has 1 aromatic rings. The van der Waals surface area contributed by atoms with Crippen molar-refractivity contribution >= 4 is 11.8 Å². The molecule has 2 heterocycles. The molecule has 2 aliphatic heterocycles. The van der Waals surface area contributed by atoms with E-state index < -0.39 is 11.7 Å². The lowest BCUT2D eigenvalue weighted by atomic mass is 9.99. The molecule has 19 heavy (non-hydrogen) atoms. The number of hydrogen-bond donors (Lipinski definition) is 0. The average Bonchev–Trinajstić information content (AvgIpc) is 2.85. The van der Waals surface area contributed by atoms with Gasteiger partial charge in [0.15, 0.2) is 0 Å². The van der Waals surface area contributed by atoms with Crippen molar-refractivity contribution in [1.29, 1.82) is 0 Å². The highest BCUT2D eigenvalue weighted by molar-refractivity contribution is 5.83. The normalized spacial score (nSPS) is 18.2. The second-order valence-electron chi connectivity index (χ2n) is 4.49. The lowest BCUT2D eigenvalue weighted by Crippen LogP contribution is -2.15. The van der Waals surface area contributed by atoms with Gasteiger partial charge < -0.3 is 4.90 Å². The van der Waals surface area contributed by atoms with Crippen molar-refractivity contribution in [2.24, 2.45) is 4.99 Å². The minimum absolute atomic E-state index is 0.579. The second-order valence-corrected chi connectivity index (χ2v) is 4.49. The van der Waals surface area contributed by atoms with Gasteiger partial charge in [-0.05, 0) is 29.7 Å². The van der Waals surface area contributed by atoms with Crippen LogP contribution >= 0.6 is 0 Å². The Hall–Kier alpha value is -2.04. The third kappa shape index (κ3) is 2.28. The van der Waals surface area contributed by atoms with E-state index in [9.17, 15) is 13.2 Å². The predicted molar refractivity (Wildman–Crippen MR) is 67.3 cm³/mol. The predicted octanol–water partition coefficient (Wildman–Crippen LogP) is 3.68. The van der Waals surface area contributed by atoms with Crippen LogP contribution < -0.4 is 0 Å². The fourth-order valence-corrected chi connectivity index (χ4v) is 2.18. The Bertz CT molecular complexity index is 580. The van der Waals surface area contributed by atoms with Gasteiger partial charge in [-0.15, -0.1) is 0 Å². The summed E-state index contributed by atoms with van der Waals surface area (Å²) >= 11 is 0. The molecule has 0 N–H and O–H groups in total. The van der Waals surface area contributed by atoms with Crippen LogP contribution in [0.1, 0.15) is 17.5 Å². The van der Waals surface area contributed by atoms with Crippen LogP contribution in [-0.2, 0) is 6.18 Å². The summed E-state index contributed by atoms with van der Waals surface area (Å²) in [4.78, 5) is 6.12. The summed E-state index contributed by atoms with van der Waals surface area (Å²) in [7, 11) is 0. The third-order valence-corrected chi connectivity index (χ3v) is 3.22. The highest BCUT2D eigenvalue weighted by Gasteiger charge is 2.30. The van der Waals surface area contributed by atoms with Gasteiger partial charge in [-0.3, -0.25) is 4.99 Å². The monoisotopic (exact) mass is 264 g/mol. The van der Waals surface area contributed by atoms with Crippen LogP contribution in [0.4, 0.5) is 13.2 Å². The zero-order valence-corrected chi connectivity index (χ0v) is 9.98. The number of hydrogen-bond acceptors (Lipinski definition) is 2. The quantitative estimate of drug-likeness (QED) is 0.755. The van der Waals surface area contributed by atoms with Crippen LogP contribution in [0.25, 0.3) is 5.57 Å². The van der Waals surface area contributed by atoms with E-state index in [4.69, 9.17) is 0 Å². The second kappa shape index (κ2) is 4.26. The van der Waals surface area contributed by atoms with Gasteiger partial charge in [-0.25, -0.2) is 0 Å². The van der Waals surface area contributed by atoms with Crippen LogP contribution in [-0.4, -0.2) is 17.8 Å². The van der Waals surface area contributed by atoms with Crippen molar-refractivity contribution in [1.82, 2.24) is 4.90 Å². The first-order valence-electron chi connectivity index (χ1n) is 5.89. The zero-order chi connectivity index (χ0) is 13.5. The number of alkyl halides is 3. The number of fused-ring (bicyclic) bond motifs is 1. The Kier molecular flexibility index (Phi) is 2.69. The van der Waals surface area contributed by atoms with Gasteiger partial charge in [0.1, 0.15) is 6.67 Å². The fourth-order valence-electron chi connectivity index (χ4n) is 2.18. The molecule has 0 amide bonds. The number of rotatable bonds is 1. The molecule has 0 unspecified atom stereocenters. The maximum Gasteiger partial charge on any atom is 0.416 e. The summed E-state index contributed by atoms with van der Waals surface area (Å²) in [5, 5.41) is 0. The van der Waals surface area contributed by atoms with Gasteiger partial charge in [0.25, 0.3) is 0 Å². The number of nitrogens with zero attached hydrogens (tertiary/aromatic N) is 2. The molecular weight excluding hydrogens is 253 g/mol. The first-order chi connectivity index (χ1) is 9.04. The minimum atomic E-state index is -4.28. The van der Waals surface area contributed by atoms with E-state index in [0.29, 0.717) is 13.1 Å². The average molecular weight is 264 g/mol. The SMILES string of the molecule is FC(F)(F)c1ccc(C2=CN3CN=CC3=CC2)cc1. The Morgan fingerprint density at radius 2 is 1.84 bits per heavy atom. The molecule has 2 nitrogen and oxygen atoms in total. The summed E-state index contributed by atoms with van der Waals surface area (Å²) in [5.41, 5.74) is 2.25. The molecule has 3 rings (SSSR count). The van der Waals surface area contributed by atoms with Gasteiger partial charge in [-0.2, -0.15) is 13.2 Å². The Morgan fingerprint density at radius 3 is 2.53 bits per heavy atom. The summed E-state index contributed by atoms with van der Waals surface area (Å²) in [6.07, 6.45) is 2.22. The number of benzene rings is 1. The highest BCUT2D eigenvalue weighted by atomic mass is 19.4. The molecule has 98 valence electrons. The van der Waals surface area contributed by atoms with E-state index in [2.05, 4.69) is 4.99 Å². The van der Waals surface area contributed by atoms with E-state index in [1.807, 2.05) is 17.2 Å². The van der Waals surface area contributed by atoms with E-state index in [1.54, 1.807) is 6.21 Å². The fraction of sp³-hybridized carbons (Fsp3) is 0.214. The molecule has 0 aromatic heterocycles. The van der Waals surface area contributed by atoms with Crippen LogP contribution in [0.5, 0.6) is 0 Å². The van der Waals surface area contributed by atoms with Crippen LogP contribution in [0.2, 0.25) is 0 Å². The molecule has 0 saturated carbocycles. The van der Waals surface area contributed by atoms with Crippen LogP contribution in [0.15, 0.2) is 47.2 Å². The first kappa shape index (κ1) is 12.0. The van der Waals surface area contributed by atoms with E-state index in [1.165, 1.54) is 12.1 Å². The standard InChI is InChI=1S/C14H11F3N2/c15-14(16,17)12-4-1-10(2-5-12)11-3-6-13-7-18-9-19(13)8-11/h1-2,4-8H,3,9H2. The van der Waals surface area contributed by atoms with Crippen molar-refractivity contribution in [3.8, 4) is 0 Å². The van der Waals surface area contributed by atoms with Crippen LogP contribution in [0.3, 0.4) is 0 Å².